The number of hydrogen-bond donors (Lipinski definition) is 1. The SMILES string of the molecule is CC(C)C(OC(=O)N1CCC1)C1C[C@@H](C)[C@H]2C(O1)[C@H](O)[C@@]1(C)C3CC[C@H]4C(C)(C)C(OC(=O)N5CCOCC5)CCC45CC35CCC21C. The van der Waals surface area contributed by atoms with E-state index in [0.717, 1.165) is 58.0 Å². The molecule has 0 radical (unpaired) electrons. The maximum Gasteiger partial charge on any atom is 0.410 e. The first kappa shape index (κ1) is 33.6. The van der Waals surface area contributed by atoms with Gasteiger partial charge < -0.3 is 33.9 Å². The molecule has 270 valence electrons. The lowest BCUT2D eigenvalue weighted by atomic mass is 9.41. The normalized spacial score (nSPS) is 49.4. The summed E-state index contributed by atoms with van der Waals surface area (Å²) in [6.07, 6.45) is 7.98. The van der Waals surface area contributed by atoms with E-state index in [0.29, 0.717) is 44.1 Å². The van der Waals surface area contributed by atoms with Crippen LogP contribution in [0.4, 0.5) is 9.59 Å². The molecule has 8 fully saturated rings. The highest BCUT2D eigenvalue weighted by atomic mass is 16.6. The van der Waals surface area contributed by atoms with Crippen LogP contribution in [0, 0.1) is 56.7 Å². The van der Waals surface area contributed by atoms with E-state index < -0.39 is 6.10 Å². The summed E-state index contributed by atoms with van der Waals surface area (Å²) in [6.45, 7) is 20.2. The molecule has 9 heteroatoms. The predicted octanol–water partition coefficient (Wildman–Crippen LogP) is 6.50. The van der Waals surface area contributed by atoms with Gasteiger partial charge in [-0.1, -0.05) is 48.5 Å². The van der Waals surface area contributed by atoms with Gasteiger partial charge in [-0.25, -0.2) is 9.59 Å². The van der Waals surface area contributed by atoms with Crippen molar-refractivity contribution < 1.29 is 33.6 Å². The molecule has 9 nitrogen and oxygen atoms in total. The zero-order valence-corrected chi connectivity index (χ0v) is 30.7. The Bertz CT molecular complexity index is 1300. The van der Waals surface area contributed by atoms with Gasteiger partial charge in [0, 0.05) is 37.0 Å². The zero-order chi connectivity index (χ0) is 34.0. The van der Waals surface area contributed by atoms with Crippen molar-refractivity contribution in [2.45, 2.75) is 137 Å². The summed E-state index contributed by atoms with van der Waals surface area (Å²) in [7, 11) is 0. The molecule has 5 saturated carbocycles. The van der Waals surface area contributed by atoms with Gasteiger partial charge >= 0.3 is 12.2 Å². The zero-order valence-electron chi connectivity index (χ0n) is 30.7. The molecule has 5 aliphatic carbocycles. The summed E-state index contributed by atoms with van der Waals surface area (Å²) >= 11 is 0. The Hall–Kier alpha value is -1.58. The van der Waals surface area contributed by atoms with Crippen molar-refractivity contribution in [2.24, 2.45) is 56.7 Å². The second-order valence-corrected chi connectivity index (χ2v) is 19.0. The lowest BCUT2D eigenvalue weighted by Crippen LogP contribution is -2.60. The molecule has 1 N–H and O–H groups in total. The Morgan fingerprint density at radius 3 is 2.21 bits per heavy atom. The first-order chi connectivity index (χ1) is 22.7. The van der Waals surface area contributed by atoms with Gasteiger partial charge in [0.2, 0.25) is 0 Å². The quantitative estimate of drug-likeness (QED) is 0.365. The van der Waals surface area contributed by atoms with Crippen molar-refractivity contribution in [3.05, 3.63) is 0 Å². The van der Waals surface area contributed by atoms with E-state index in [2.05, 4.69) is 48.5 Å². The molecule has 13 atom stereocenters. The summed E-state index contributed by atoms with van der Waals surface area (Å²) in [5.74, 6) is 1.74. The number of carbonyl (C=O) groups is 2. The molecule has 2 spiro atoms. The largest absolute Gasteiger partial charge is 0.446 e. The van der Waals surface area contributed by atoms with Crippen molar-refractivity contribution in [3.63, 3.8) is 0 Å². The maximum atomic E-state index is 13.2. The Kier molecular flexibility index (Phi) is 7.84. The van der Waals surface area contributed by atoms with E-state index in [4.69, 9.17) is 18.9 Å². The molecule has 8 rings (SSSR count). The molecule has 3 aliphatic heterocycles. The van der Waals surface area contributed by atoms with Gasteiger partial charge in [0.25, 0.3) is 0 Å². The topological polar surface area (TPSA) is 97.8 Å². The molecule has 2 amide bonds. The lowest BCUT2D eigenvalue weighted by molar-refractivity contribution is -0.185. The Labute approximate surface area is 288 Å². The highest BCUT2D eigenvalue weighted by molar-refractivity contribution is 5.69. The van der Waals surface area contributed by atoms with E-state index in [1.807, 2.05) is 4.90 Å². The fourth-order valence-corrected chi connectivity index (χ4v) is 14.0. The standard InChI is InChI=1S/C39H62N2O7/c1-23(2)30(48-34(44)40-15-8-16-40)25-21-24(3)29-31(46-25)32(42)37(7)27-10-9-26-35(4,5)28(47-33(43)41-17-19-45-20-18-41)11-12-38(26)22-39(27,38)14-13-36(29,37)6/h23-32,42H,8-22H2,1-7H3/t24-,25?,26+,27?,28?,29+,30?,31?,32+,36?,37-,38?,39?/m1/s1. The third-order valence-corrected chi connectivity index (χ3v) is 16.7. The summed E-state index contributed by atoms with van der Waals surface area (Å²) in [6, 6.07) is 0. The molecule has 0 aromatic heterocycles. The molecular weight excluding hydrogens is 608 g/mol. The summed E-state index contributed by atoms with van der Waals surface area (Å²) in [4.78, 5) is 29.7. The minimum atomic E-state index is -0.549. The second-order valence-electron chi connectivity index (χ2n) is 19.0. The van der Waals surface area contributed by atoms with E-state index >= 15 is 0 Å². The van der Waals surface area contributed by atoms with Crippen molar-refractivity contribution in [3.8, 4) is 0 Å². The van der Waals surface area contributed by atoms with Crippen LogP contribution in [-0.2, 0) is 18.9 Å². The van der Waals surface area contributed by atoms with E-state index in [-0.39, 0.29) is 75.5 Å². The van der Waals surface area contributed by atoms with Crippen LogP contribution >= 0.6 is 0 Å². The molecule has 3 heterocycles. The summed E-state index contributed by atoms with van der Waals surface area (Å²) < 4.78 is 25.0. The first-order valence-corrected chi connectivity index (χ1v) is 19.5. The summed E-state index contributed by atoms with van der Waals surface area (Å²) in [5.41, 5.74) is 0.148. The Morgan fingerprint density at radius 2 is 1.54 bits per heavy atom. The fraction of sp³-hybridized carbons (Fsp3) is 0.949. The lowest BCUT2D eigenvalue weighted by Gasteiger charge is -2.63. The second kappa shape index (κ2) is 11.2. The fourth-order valence-electron chi connectivity index (χ4n) is 14.0. The average molecular weight is 671 g/mol. The predicted molar refractivity (Wildman–Crippen MR) is 180 cm³/mol. The minimum absolute atomic E-state index is 0.0178. The molecule has 3 saturated heterocycles. The molecule has 0 aromatic rings. The van der Waals surface area contributed by atoms with Crippen LogP contribution in [0.15, 0.2) is 0 Å². The van der Waals surface area contributed by atoms with Crippen LogP contribution in [0.5, 0.6) is 0 Å². The number of hydrogen-bond acceptors (Lipinski definition) is 7. The monoisotopic (exact) mass is 670 g/mol. The van der Waals surface area contributed by atoms with Gasteiger partial charge in [-0.3, -0.25) is 0 Å². The Morgan fingerprint density at radius 1 is 0.875 bits per heavy atom. The number of fused-ring (bicyclic) bond motifs is 4. The van der Waals surface area contributed by atoms with Gasteiger partial charge in [0.1, 0.15) is 12.2 Å². The van der Waals surface area contributed by atoms with Crippen LogP contribution in [0.3, 0.4) is 0 Å². The van der Waals surface area contributed by atoms with E-state index in [1.54, 1.807) is 4.90 Å². The molecule has 8 unspecified atom stereocenters. The summed E-state index contributed by atoms with van der Waals surface area (Å²) in [5, 5.41) is 12.6. The van der Waals surface area contributed by atoms with Gasteiger partial charge in [0.15, 0.2) is 0 Å². The van der Waals surface area contributed by atoms with Crippen molar-refractivity contribution in [1.29, 1.82) is 0 Å². The smallest absolute Gasteiger partial charge is 0.410 e. The number of carbonyl (C=O) groups excluding carboxylic acids is 2. The van der Waals surface area contributed by atoms with Gasteiger partial charge in [0.05, 0.1) is 31.5 Å². The molecule has 0 aromatic carbocycles. The van der Waals surface area contributed by atoms with E-state index in [9.17, 15) is 14.7 Å². The number of amides is 2. The van der Waals surface area contributed by atoms with Crippen LogP contribution in [0.1, 0.15) is 106 Å². The number of ether oxygens (including phenoxy) is 4. The molecule has 0 bridgehead atoms. The highest BCUT2D eigenvalue weighted by Gasteiger charge is 2.84. The molecule has 48 heavy (non-hydrogen) atoms. The van der Waals surface area contributed by atoms with Crippen molar-refractivity contribution in [2.75, 3.05) is 39.4 Å². The number of aliphatic hydroxyl groups excluding tert-OH is 1. The number of rotatable bonds is 4. The number of likely N-dealkylation sites (tertiary alicyclic amines) is 1. The van der Waals surface area contributed by atoms with Gasteiger partial charge in [-0.2, -0.15) is 0 Å². The third-order valence-electron chi connectivity index (χ3n) is 16.7. The maximum absolute atomic E-state index is 13.2. The average Bonchev–Trinajstić information content (AvgIpc) is 3.65. The number of morpholine rings is 1. The van der Waals surface area contributed by atoms with Crippen molar-refractivity contribution in [1.82, 2.24) is 9.80 Å². The number of nitrogens with zero attached hydrogens (tertiary/aromatic N) is 2. The van der Waals surface area contributed by atoms with Crippen LogP contribution in [0.25, 0.3) is 0 Å². The van der Waals surface area contributed by atoms with Crippen LogP contribution < -0.4 is 0 Å². The van der Waals surface area contributed by atoms with Crippen LogP contribution in [-0.4, -0.2) is 97.0 Å². The van der Waals surface area contributed by atoms with Gasteiger partial charge in [-0.15, -0.1) is 0 Å². The molecular formula is C39H62N2O7. The Balaban J connectivity index is 1.03. The highest BCUT2D eigenvalue weighted by Crippen LogP contribution is 2.89. The first-order valence-electron chi connectivity index (χ1n) is 19.5. The van der Waals surface area contributed by atoms with E-state index in [1.165, 1.54) is 12.8 Å². The third kappa shape index (κ3) is 4.37. The minimum Gasteiger partial charge on any atom is -0.446 e. The van der Waals surface area contributed by atoms with Crippen molar-refractivity contribution >= 4 is 12.2 Å². The van der Waals surface area contributed by atoms with Gasteiger partial charge in [-0.05, 0) is 104 Å². The van der Waals surface area contributed by atoms with Crippen LogP contribution in [0.2, 0.25) is 0 Å². The molecule has 8 aliphatic rings. The number of aliphatic hydroxyl groups is 1.